The van der Waals surface area contributed by atoms with Crippen molar-refractivity contribution in [1.29, 1.82) is 0 Å². The summed E-state index contributed by atoms with van der Waals surface area (Å²) in [7, 11) is 0. The van der Waals surface area contributed by atoms with Gasteiger partial charge in [0.25, 0.3) is 0 Å². The average Bonchev–Trinajstić information content (AvgIpc) is 2.33. The predicted octanol–water partition coefficient (Wildman–Crippen LogP) is 2.82. The van der Waals surface area contributed by atoms with Crippen LogP contribution in [0, 0.1) is 6.92 Å². The highest BCUT2D eigenvalue weighted by atomic mass is 16.5. The van der Waals surface area contributed by atoms with E-state index in [0.717, 1.165) is 5.56 Å². The highest BCUT2D eigenvalue weighted by Gasteiger charge is 2.19. The van der Waals surface area contributed by atoms with Crippen LogP contribution in [0.15, 0.2) is 24.3 Å². The summed E-state index contributed by atoms with van der Waals surface area (Å²) in [4.78, 5) is 0. The van der Waals surface area contributed by atoms with Crippen molar-refractivity contribution in [2.75, 3.05) is 13.2 Å². The van der Waals surface area contributed by atoms with Crippen LogP contribution in [0.1, 0.15) is 38.0 Å². The molecule has 0 heterocycles. The number of rotatable bonds is 7. The lowest BCUT2D eigenvalue weighted by Gasteiger charge is -2.26. The highest BCUT2D eigenvalue weighted by molar-refractivity contribution is 5.25. The summed E-state index contributed by atoms with van der Waals surface area (Å²) in [5.74, 6) is 0. The summed E-state index contributed by atoms with van der Waals surface area (Å²) in [6.45, 7) is 9.36. The largest absolute Gasteiger partial charge is 0.379 e. The van der Waals surface area contributed by atoms with Crippen LogP contribution in [0.2, 0.25) is 0 Å². The Morgan fingerprint density at radius 1 is 1.28 bits per heavy atom. The molecule has 2 N–H and O–H groups in total. The molecular weight excluding hydrogens is 226 g/mol. The van der Waals surface area contributed by atoms with E-state index in [9.17, 15) is 0 Å². The average molecular weight is 251 g/mol. The van der Waals surface area contributed by atoms with Gasteiger partial charge < -0.3 is 15.2 Å². The normalized spacial score (nSPS) is 16.3. The highest BCUT2D eigenvalue weighted by Crippen LogP contribution is 2.23. The Morgan fingerprint density at radius 2 is 2.00 bits per heavy atom. The lowest BCUT2D eigenvalue weighted by Crippen LogP contribution is -2.31. The van der Waals surface area contributed by atoms with E-state index in [1.54, 1.807) is 0 Å². The lowest BCUT2D eigenvalue weighted by atomic mass is 10.0. The van der Waals surface area contributed by atoms with Crippen LogP contribution in [0.25, 0.3) is 0 Å². The van der Waals surface area contributed by atoms with Crippen LogP contribution in [-0.2, 0) is 9.47 Å². The maximum Gasteiger partial charge on any atom is 0.0977 e. The molecule has 0 spiro atoms. The van der Waals surface area contributed by atoms with Crippen molar-refractivity contribution in [3.63, 3.8) is 0 Å². The molecule has 0 aliphatic carbocycles. The number of aryl methyl sites for hydroxylation is 1. The van der Waals surface area contributed by atoms with Gasteiger partial charge in [-0.1, -0.05) is 29.8 Å². The first-order valence-corrected chi connectivity index (χ1v) is 6.60. The molecule has 0 fully saturated rings. The maximum atomic E-state index is 6.03. The summed E-state index contributed by atoms with van der Waals surface area (Å²) in [5, 5.41) is 0. The monoisotopic (exact) mass is 251 g/mol. The molecule has 3 nitrogen and oxygen atoms in total. The van der Waals surface area contributed by atoms with Crippen LogP contribution in [0.5, 0.6) is 0 Å². The Kier molecular flexibility index (Phi) is 6.33. The van der Waals surface area contributed by atoms with E-state index in [1.165, 1.54) is 5.56 Å². The molecule has 1 rings (SSSR count). The molecule has 18 heavy (non-hydrogen) atoms. The zero-order valence-corrected chi connectivity index (χ0v) is 11.8. The van der Waals surface area contributed by atoms with E-state index in [1.807, 2.05) is 26.8 Å². The Labute approximate surface area is 110 Å². The number of ether oxygens (including phenoxy) is 2. The SMILES string of the molecule is CCOCC(C)OC(c1cccc(C)c1)C(C)N. The van der Waals surface area contributed by atoms with Gasteiger partial charge in [0.1, 0.15) is 0 Å². The van der Waals surface area contributed by atoms with Crippen molar-refractivity contribution in [2.45, 2.75) is 45.9 Å². The standard InChI is InChI=1S/C15H25NO2/c1-5-17-10-12(3)18-15(13(4)16)14-8-6-7-11(2)9-14/h6-9,12-13,15H,5,10,16H2,1-4H3. The molecule has 102 valence electrons. The van der Waals surface area contributed by atoms with Gasteiger partial charge in [-0.2, -0.15) is 0 Å². The van der Waals surface area contributed by atoms with Gasteiger partial charge in [-0.05, 0) is 33.3 Å². The third-order valence-electron chi connectivity index (χ3n) is 2.78. The van der Waals surface area contributed by atoms with Gasteiger partial charge in [-0.15, -0.1) is 0 Å². The van der Waals surface area contributed by atoms with Gasteiger partial charge in [0.05, 0.1) is 18.8 Å². The van der Waals surface area contributed by atoms with Crippen LogP contribution in [-0.4, -0.2) is 25.4 Å². The molecule has 0 saturated carbocycles. The second-order valence-electron chi connectivity index (χ2n) is 4.80. The first-order chi connectivity index (χ1) is 8.54. The van der Waals surface area contributed by atoms with Crippen molar-refractivity contribution in [2.24, 2.45) is 5.73 Å². The number of hydrogen-bond acceptors (Lipinski definition) is 3. The Hall–Kier alpha value is -0.900. The molecule has 3 unspecified atom stereocenters. The molecule has 0 amide bonds. The molecule has 0 bridgehead atoms. The number of benzene rings is 1. The zero-order chi connectivity index (χ0) is 13.5. The first kappa shape index (κ1) is 15.2. The fourth-order valence-electron chi connectivity index (χ4n) is 1.93. The second-order valence-corrected chi connectivity index (χ2v) is 4.80. The molecule has 0 aliphatic heterocycles. The summed E-state index contributed by atoms with van der Waals surface area (Å²) in [6.07, 6.45) is -0.0400. The van der Waals surface area contributed by atoms with Gasteiger partial charge in [-0.3, -0.25) is 0 Å². The quantitative estimate of drug-likeness (QED) is 0.810. The summed E-state index contributed by atoms with van der Waals surface area (Å²) in [6, 6.07) is 8.26. The molecule has 0 saturated heterocycles. The smallest absolute Gasteiger partial charge is 0.0977 e. The molecule has 0 radical (unpaired) electrons. The van der Waals surface area contributed by atoms with Crippen molar-refractivity contribution < 1.29 is 9.47 Å². The van der Waals surface area contributed by atoms with E-state index in [-0.39, 0.29) is 18.2 Å². The molecule has 0 aromatic heterocycles. The minimum atomic E-state index is -0.0830. The van der Waals surface area contributed by atoms with Crippen LogP contribution in [0.4, 0.5) is 0 Å². The minimum Gasteiger partial charge on any atom is -0.379 e. The van der Waals surface area contributed by atoms with Crippen LogP contribution in [0.3, 0.4) is 0 Å². The summed E-state index contributed by atoms with van der Waals surface area (Å²) < 4.78 is 11.4. The van der Waals surface area contributed by atoms with E-state index in [2.05, 4.69) is 25.1 Å². The Bertz CT molecular complexity index is 352. The first-order valence-electron chi connectivity index (χ1n) is 6.60. The van der Waals surface area contributed by atoms with Crippen molar-refractivity contribution in [1.82, 2.24) is 0 Å². The second kappa shape index (κ2) is 7.52. The molecule has 1 aromatic rings. The minimum absolute atomic E-state index is 0.0430. The molecule has 1 aromatic carbocycles. The van der Waals surface area contributed by atoms with Crippen molar-refractivity contribution >= 4 is 0 Å². The van der Waals surface area contributed by atoms with Crippen LogP contribution < -0.4 is 5.73 Å². The lowest BCUT2D eigenvalue weighted by molar-refractivity contribution is -0.0550. The van der Waals surface area contributed by atoms with Crippen molar-refractivity contribution in [3.8, 4) is 0 Å². The van der Waals surface area contributed by atoms with E-state index in [4.69, 9.17) is 15.2 Å². The number of hydrogen-bond donors (Lipinski definition) is 1. The fourth-order valence-corrected chi connectivity index (χ4v) is 1.93. The summed E-state index contributed by atoms with van der Waals surface area (Å²) in [5.41, 5.74) is 8.38. The number of nitrogens with two attached hydrogens (primary N) is 1. The predicted molar refractivity (Wildman–Crippen MR) is 74.6 cm³/mol. The van der Waals surface area contributed by atoms with Crippen LogP contribution >= 0.6 is 0 Å². The topological polar surface area (TPSA) is 44.5 Å². The Balaban J connectivity index is 2.71. The molecular formula is C15H25NO2. The third-order valence-corrected chi connectivity index (χ3v) is 2.78. The van der Waals surface area contributed by atoms with Gasteiger partial charge in [-0.25, -0.2) is 0 Å². The van der Waals surface area contributed by atoms with Gasteiger partial charge in [0.15, 0.2) is 0 Å². The van der Waals surface area contributed by atoms with E-state index >= 15 is 0 Å². The van der Waals surface area contributed by atoms with Gasteiger partial charge in [0.2, 0.25) is 0 Å². The molecule has 0 aliphatic rings. The maximum absolute atomic E-state index is 6.03. The molecule has 3 heteroatoms. The van der Waals surface area contributed by atoms with Crippen molar-refractivity contribution in [3.05, 3.63) is 35.4 Å². The van der Waals surface area contributed by atoms with Gasteiger partial charge in [0, 0.05) is 12.6 Å². The fraction of sp³-hybridized carbons (Fsp3) is 0.600. The Morgan fingerprint density at radius 3 is 2.56 bits per heavy atom. The summed E-state index contributed by atoms with van der Waals surface area (Å²) >= 11 is 0. The molecule has 3 atom stereocenters. The van der Waals surface area contributed by atoms with E-state index < -0.39 is 0 Å². The van der Waals surface area contributed by atoms with E-state index in [0.29, 0.717) is 13.2 Å². The third kappa shape index (κ3) is 4.77. The van der Waals surface area contributed by atoms with Gasteiger partial charge >= 0.3 is 0 Å². The zero-order valence-electron chi connectivity index (χ0n) is 11.8.